The van der Waals surface area contributed by atoms with Gasteiger partial charge in [0.05, 0.1) is 6.61 Å². The lowest BCUT2D eigenvalue weighted by Gasteiger charge is -2.31. The molecule has 5 nitrogen and oxygen atoms in total. The van der Waals surface area contributed by atoms with E-state index in [4.69, 9.17) is 4.74 Å². The van der Waals surface area contributed by atoms with Gasteiger partial charge in [-0.25, -0.2) is 4.98 Å². The molecule has 0 amide bonds. The van der Waals surface area contributed by atoms with Crippen molar-refractivity contribution < 1.29 is 4.74 Å². The molecule has 116 valence electrons. The SMILES string of the molecule is CCOc1cc(N(CC2CCCCN2)C2CC2)nc(C)n1. The van der Waals surface area contributed by atoms with Crippen LogP contribution in [0, 0.1) is 6.92 Å². The van der Waals surface area contributed by atoms with Crippen molar-refractivity contribution in [1.82, 2.24) is 15.3 Å². The lowest BCUT2D eigenvalue weighted by molar-refractivity contribution is 0.325. The van der Waals surface area contributed by atoms with Crippen LogP contribution in [0.25, 0.3) is 0 Å². The van der Waals surface area contributed by atoms with Gasteiger partial charge in [-0.05, 0) is 46.1 Å². The Morgan fingerprint density at radius 1 is 1.29 bits per heavy atom. The zero-order valence-corrected chi connectivity index (χ0v) is 13.1. The van der Waals surface area contributed by atoms with Crippen LogP contribution in [0.5, 0.6) is 5.88 Å². The van der Waals surface area contributed by atoms with E-state index >= 15 is 0 Å². The highest BCUT2D eigenvalue weighted by atomic mass is 16.5. The standard InChI is InChI=1S/C16H26N4O/c1-3-21-16-10-15(18-12(2)19-16)20(14-7-8-14)11-13-6-4-5-9-17-13/h10,13-14,17H,3-9,11H2,1-2H3. The van der Waals surface area contributed by atoms with Gasteiger partial charge in [-0.1, -0.05) is 6.42 Å². The van der Waals surface area contributed by atoms with Crippen molar-refractivity contribution in [2.24, 2.45) is 0 Å². The second kappa shape index (κ2) is 6.60. The quantitative estimate of drug-likeness (QED) is 0.871. The summed E-state index contributed by atoms with van der Waals surface area (Å²) in [6.45, 7) is 6.77. The predicted molar refractivity (Wildman–Crippen MR) is 83.9 cm³/mol. The van der Waals surface area contributed by atoms with Gasteiger partial charge >= 0.3 is 0 Å². The topological polar surface area (TPSA) is 50.3 Å². The lowest BCUT2D eigenvalue weighted by Crippen LogP contribution is -2.45. The fourth-order valence-corrected chi connectivity index (χ4v) is 3.03. The molecular weight excluding hydrogens is 264 g/mol. The van der Waals surface area contributed by atoms with Crippen LogP contribution >= 0.6 is 0 Å². The van der Waals surface area contributed by atoms with Crippen molar-refractivity contribution >= 4 is 5.82 Å². The summed E-state index contributed by atoms with van der Waals surface area (Å²) in [5, 5.41) is 3.64. The van der Waals surface area contributed by atoms with Gasteiger partial charge in [0.25, 0.3) is 0 Å². The van der Waals surface area contributed by atoms with Crippen molar-refractivity contribution in [2.45, 2.75) is 58.0 Å². The minimum atomic E-state index is 0.588. The minimum absolute atomic E-state index is 0.588. The number of anilines is 1. The largest absolute Gasteiger partial charge is 0.478 e. The van der Waals surface area contributed by atoms with Crippen LogP contribution in [-0.2, 0) is 0 Å². The fraction of sp³-hybridized carbons (Fsp3) is 0.750. The van der Waals surface area contributed by atoms with Crippen LogP contribution in [0.3, 0.4) is 0 Å². The number of rotatable bonds is 6. The van der Waals surface area contributed by atoms with E-state index in [1.165, 1.54) is 32.1 Å². The molecule has 2 heterocycles. The van der Waals surface area contributed by atoms with Gasteiger partial charge in [0.15, 0.2) is 0 Å². The number of nitrogens with one attached hydrogen (secondary N) is 1. The highest BCUT2D eigenvalue weighted by Crippen LogP contribution is 2.32. The van der Waals surface area contributed by atoms with Crippen LogP contribution in [0.2, 0.25) is 0 Å². The van der Waals surface area contributed by atoms with E-state index in [0.717, 1.165) is 24.7 Å². The van der Waals surface area contributed by atoms with Crippen molar-refractivity contribution in [1.29, 1.82) is 0 Å². The van der Waals surface area contributed by atoms with Gasteiger partial charge in [0.1, 0.15) is 11.6 Å². The third kappa shape index (κ3) is 3.84. The van der Waals surface area contributed by atoms with E-state index in [1.807, 2.05) is 19.9 Å². The molecule has 5 heteroatoms. The molecule has 1 aliphatic heterocycles. The molecule has 3 rings (SSSR count). The molecule has 0 spiro atoms. The molecule has 1 N–H and O–H groups in total. The van der Waals surface area contributed by atoms with E-state index < -0.39 is 0 Å². The normalized spacial score (nSPS) is 22.1. The van der Waals surface area contributed by atoms with Crippen LogP contribution < -0.4 is 15.0 Å². The number of hydrogen-bond acceptors (Lipinski definition) is 5. The molecule has 0 radical (unpaired) electrons. The van der Waals surface area contributed by atoms with Gasteiger partial charge in [0, 0.05) is 24.7 Å². The Balaban J connectivity index is 1.76. The Morgan fingerprint density at radius 3 is 2.81 bits per heavy atom. The van der Waals surface area contributed by atoms with Gasteiger partial charge in [-0.15, -0.1) is 0 Å². The van der Waals surface area contributed by atoms with E-state index in [0.29, 0.717) is 24.6 Å². The number of piperidine rings is 1. The second-order valence-corrected chi connectivity index (χ2v) is 6.07. The highest BCUT2D eigenvalue weighted by molar-refractivity contribution is 5.44. The summed E-state index contributed by atoms with van der Waals surface area (Å²) in [5.41, 5.74) is 0. The number of nitrogens with zero attached hydrogens (tertiary/aromatic N) is 3. The molecule has 2 fully saturated rings. The molecule has 2 aliphatic rings. The molecule has 1 saturated carbocycles. The average molecular weight is 290 g/mol. The maximum atomic E-state index is 5.57. The van der Waals surface area contributed by atoms with Gasteiger partial charge in [-0.3, -0.25) is 0 Å². The van der Waals surface area contributed by atoms with Crippen molar-refractivity contribution in [3.8, 4) is 5.88 Å². The second-order valence-electron chi connectivity index (χ2n) is 6.07. The summed E-state index contributed by atoms with van der Waals surface area (Å²) in [4.78, 5) is 11.5. The smallest absolute Gasteiger partial charge is 0.218 e. The summed E-state index contributed by atoms with van der Waals surface area (Å²) in [6, 6.07) is 3.24. The predicted octanol–water partition coefficient (Wildman–Crippen LogP) is 2.29. The number of aryl methyl sites for hydroxylation is 1. The van der Waals surface area contributed by atoms with Crippen LogP contribution in [-0.4, -0.2) is 41.7 Å². The van der Waals surface area contributed by atoms with Gasteiger partial charge < -0.3 is 15.0 Å². The Hall–Kier alpha value is -1.36. The summed E-state index contributed by atoms with van der Waals surface area (Å²) < 4.78 is 5.57. The maximum absolute atomic E-state index is 5.57. The first-order chi connectivity index (χ1) is 10.3. The lowest BCUT2D eigenvalue weighted by atomic mass is 10.0. The molecule has 1 aliphatic carbocycles. The molecular formula is C16H26N4O. The molecule has 1 unspecified atom stereocenters. The van der Waals surface area contributed by atoms with Gasteiger partial charge in [0.2, 0.25) is 5.88 Å². The minimum Gasteiger partial charge on any atom is -0.478 e. The van der Waals surface area contributed by atoms with Crippen molar-refractivity contribution in [3.05, 3.63) is 11.9 Å². The first-order valence-corrected chi connectivity index (χ1v) is 8.24. The molecule has 1 atom stereocenters. The van der Waals surface area contributed by atoms with E-state index in [9.17, 15) is 0 Å². The van der Waals surface area contributed by atoms with E-state index in [1.54, 1.807) is 0 Å². The Kier molecular flexibility index (Phi) is 4.58. The maximum Gasteiger partial charge on any atom is 0.218 e. The first-order valence-electron chi connectivity index (χ1n) is 8.24. The number of hydrogen-bond donors (Lipinski definition) is 1. The molecule has 1 aromatic heterocycles. The molecule has 0 aromatic carbocycles. The Morgan fingerprint density at radius 2 is 2.14 bits per heavy atom. The van der Waals surface area contributed by atoms with E-state index in [-0.39, 0.29) is 0 Å². The Labute approximate surface area is 127 Å². The van der Waals surface area contributed by atoms with Crippen molar-refractivity contribution in [2.75, 3.05) is 24.6 Å². The third-order valence-electron chi connectivity index (χ3n) is 4.20. The number of ether oxygens (including phenoxy) is 1. The van der Waals surface area contributed by atoms with Crippen LogP contribution in [0.4, 0.5) is 5.82 Å². The summed E-state index contributed by atoms with van der Waals surface area (Å²) in [6.07, 6.45) is 6.47. The summed E-state index contributed by atoms with van der Waals surface area (Å²) in [7, 11) is 0. The summed E-state index contributed by atoms with van der Waals surface area (Å²) >= 11 is 0. The van der Waals surface area contributed by atoms with Gasteiger partial charge in [-0.2, -0.15) is 4.98 Å². The molecule has 0 bridgehead atoms. The Bertz CT molecular complexity index is 469. The molecule has 21 heavy (non-hydrogen) atoms. The third-order valence-corrected chi connectivity index (χ3v) is 4.20. The molecule has 1 saturated heterocycles. The zero-order chi connectivity index (χ0) is 14.7. The zero-order valence-electron chi connectivity index (χ0n) is 13.1. The van der Waals surface area contributed by atoms with E-state index in [2.05, 4.69) is 20.2 Å². The fourth-order valence-electron chi connectivity index (χ4n) is 3.03. The monoisotopic (exact) mass is 290 g/mol. The first kappa shape index (κ1) is 14.6. The van der Waals surface area contributed by atoms with Crippen LogP contribution in [0.1, 0.15) is 44.9 Å². The van der Waals surface area contributed by atoms with Crippen LogP contribution in [0.15, 0.2) is 6.07 Å². The highest BCUT2D eigenvalue weighted by Gasteiger charge is 2.32. The molecule has 1 aromatic rings. The summed E-state index contributed by atoms with van der Waals surface area (Å²) in [5.74, 6) is 2.52. The average Bonchev–Trinajstić information content (AvgIpc) is 3.30. The van der Waals surface area contributed by atoms with Crippen molar-refractivity contribution in [3.63, 3.8) is 0 Å². The number of aromatic nitrogens is 2.